The Balaban J connectivity index is 3.20. The third-order valence-corrected chi connectivity index (χ3v) is 3.18. The maximum Gasteiger partial charge on any atom is 0.405 e. The van der Waals surface area contributed by atoms with Crippen LogP contribution >= 0.6 is 15.9 Å². The monoisotopic (exact) mass is 356 g/mol. The molecule has 0 saturated heterocycles. The molecule has 1 rings (SSSR count). The molecule has 1 N–H and O–H groups in total. The highest BCUT2D eigenvalue weighted by molar-refractivity contribution is 9.10. The van der Waals surface area contributed by atoms with Gasteiger partial charge in [0.1, 0.15) is 6.54 Å². The number of aliphatic hydroxyl groups excluding tert-OH is 1. The number of nitrogens with zero attached hydrogens (tertiary/aromatic N) is 2. The van der Waals surface area contributed by atoms with Gasteiger partial charge in [-0.2, -0.15) is 13.2 Å². The summed E-state index contributed by atoms with van der Waals surface area (Å²) in [6.45, 7) is -0.490. The molecule has 0 spiro atoms. The predicted molar refractivity (Wildman–Crippen MR) is 70.9 cm³/mol. The first kappa shape index (κ1) is 16.7. The first-order valence-corrected chi connectivity index (χ1v) is 6.32. The van der Waals surface area contributed by atoms with Crippen LogP contribution in [0.4, 0.5) is 24.5 Å². The van der Waals surface area contributed by atoms with Gasteiger partial charge in [-0.3, -0.25) is 10.1 Å². The van der Waals surface area contributed by atoms with Crippen molar-refractivity contribution in [2.45, 2.75) is 13.1 Å². The van der Waals surface area contributed by atoms with Gasteiger partial charge >= 0.3 is 6.18 Å². The van der Waals surface area contributed by atoms with Gasteiger partial charge in [0.25, 0.3) is 5.69 Å². The van der Waals surface area contributed by atoms with E-state index < -0.39 is 24.3 Å². The number of hydrogen-bond donors (Lipinski definition) is 1. The highest BCUT2D eigenvalue weighted by atomic mass is 79.9. The van der Waals surface area contributed by atoms with Crippen molar-refractivity contribution in [3.05, 3.63) is 32.3 Å². The largest absolute Gasteiger partial charge is 0.405 e. The van der Waals surface area contributed by atoms with Gasteiger partial charge in [0.2, 0.25) is 0 Å². The number of hydrogen-bond acceptors (Lipinski definition) is 4. The van der Waals surface area contributed by atoms with Crippen molar-refractivity contribution in [1.29, 1.82) is 0 Å². The number of halogens is 4. The maximum absolute atomic E-state index is 12.5. The van der Waals surface area contributed by atoms with E-state index in [0.717, 1.165) is 11.0 Å². The number of aliphatic hydroxyl groups is 1. The van der Waals surface area contributed by atoms with E-state index in [1.54, 1.807) is 0 Å². The fourth-order valence-corrected chi connectivity index (χ4v) is 2.30. The summed E-state index contributed by atoms with van der Waals surface area (Å²) in [6.07, 6.45) is -4.44. The molecule has 0 bridgehead atoms. The molecule has 0 heterocycles. The molecule has 0 atom stereocenters. The molecule has 112 valence electrons. The van der Waals surface area contributed by atoms with Crippen LogP contribution in [-0.2, 0) is 0 Å². The van der Waals surface area contributed by atoms with Gasteiger partial charge in [0, 0.05) is 22.6 Å². The summed E-state index contributed by atoms with van der Waals surface area (Å²) in [4.78, 5) is 11.1. The van der Waals surface area contributed by atoms with Crippen LogP contribution in [0.3, 0.4) is 0 Å². The molecule has 0 aliphatic heterocycles. The lowest BCUT2D eigenvalue weighted by Crippen LogP contribution is -2.36. The van der Waals surface area contributed by atoms with Gasteiger partial charge in [0.05, 0.1) is 17.2 Å². The topological polar surface area (TPSA) is 66.6 Å². The summed E-state index contributed by atoms with van der Waals surface area (Å²) in [5, 5.41) is 19.6. The molecule has 0 radical (unpaired) electrons. The molecular weight excluding hydrogens is 345 g/mol. The van der Waals surface area contributed by atoms with Crippen molar-refractivity contribution in [3.8, 4) is 0 Å². The molecule has 0 unspecified atom stereocenters. The Bertz CT molecular complexity index is 508. The Morgan fingerprint density at radius 1 is 1.45 bits per heavy atom. The summed E-state index contributed by atoms with van der Waals surface area (Å²) in [6, 6.07) is 2.45. The van der Waals surface area contributed by atoms with Crippen molar-refractivity contribution in [3.63, 3.8) is 0 Å². The van der Waals surface area contributed by atoms with Crippen LogP contribution in [-0.4, -0.2) is 35.9 Å². The van der Waals surface area contributed by atoms with Crippen LogP contribution in [0.1, 0.15) is 5.56 Å². The zero-order chi connectivity index (χ0) is 15.5. The van der Waals surface area contributed by atoms with Gasteiger partial charge in [-0.15, -0.1) is 0 Å². The third kappa shape index (κ3) is 4.34. The van der Waals surface area contributed by atoms with Gasteiger partial charge in [-0.25, -0.2) is 0 Å². The van der Waals surface area contributed by atoms with E-state index in [1.807, 2.05) is 0 Å². The molecular formula is C11H12BrF3N2O3. The minimum atomic E-state index is -4.44. The molecule has 9 heteroatoms. The first-order chi connectivity index (χ1) is 9.15. The quantitative estimate of drug-likeness (QED) is 0.650. The van der Waals surface area contributed by atoms with E-state index in [2.05, 4.69) is 15.9 Å². The van der Waals surface area contributed by atoms with Gasteiger partial charge in [0.15, 0.2) is 0 Å². The molecule has 0 aromatic heterocycles. The zero-order valence-corrected chi connectivity index (χ0v) is 12.0. The number of nitro benzene ring substituents is 1. The average Bonchev–Trinajstić information content (AvgIpc) is 2.29. The fourth-order valence-electron chi connectivity index (χ4n) is 1.72. The fraction of sp³-hybridized carbons (Fsp3) is 0.455. The second-order valence-corrected chi connectivity index (χ2v) is 4.96. The Kier molecular flexibility index (Phi) is 5.35. The van der Waals surface area contributed by atoms with Crippen molar-refractivity contribution in [2.24, 2.45) is 0 Å². The minimum absolute atomic E-state index is 0.152. The van der Waals surface area contributed by atoms with Crippen molar-refractivity contribution in [1.82, 2.24) is 0 Å². The highest BCUT2D eigenvalue weighted by Gasteiger charge is 2.32. The SMILES string of the molecule is Cc1cc(N(CCO)CC(F)(F)F)c(Br)cc1[N+](=O)[O-]. The summed E-state index contributed by atoms with van der Waals surface area (Å²) >= 11 is 3.03. The van der Waals surface area contributed by atoms with Crippen LogP contribution in [0.2, 0.25) is 0 Å². The highest BCUT2D eigenvalue weighted by Crippen LogP contribution is 2.34. The van der Waals surface area contributed by atoms with Gasteiger partial charge in [-0.1, -0.05) is 0 Å². The normalized spacial score (nSPS) is 11.5. The third-order valence-electron chi connectivity index (χ3n) is 2.54. The standard InChI is InChI=1S/C11H12BrF3N2O3/c1-7-4-10(8(12)5-9(7)17(19)20)16(2-3-18)6-11(13,14)15/h4-5,18H,2-3,6H2,1H3. The number of aryl methyl sites for hydroxylation is 1. The molecule has 5 nitrogen and oxygen atoms in total. The lowest BCUT2D eigenvalue weighted by atomic mass is 10.1. The molecule has 1 aromatic rings. The van der Waals surface area contributed by atoms with Crippen molar-refractivity contribution < 1.29 is 23.2 Å². The van der Waals surface area contributed by atoms with Crippen molar-refractivity contribution in [2.75, 3.05) is 24.6 Å². The average molecular weight is 357 g/mol. The molecule has 20 heavy (non-hydrogen) atoms. The molecule has 0 fully saturated rings. The lowest BCUT2D eigenvalue weighted by molar-refractivity contribution is -0.385. The Morgan fingerprint density at radius 3 is 2.50 bits per heavy atom. The second-order valence-electron chi connectivity index (χ2n) is 4.11. The maximum atomic E-state index is 12.5. The Hall–Kier alpha value is -1.35. The molecule has 0 aliphatic carbocycles. The lowest BCUT2D eigenvalue weighted by Gasteiger charge is -2.26. The van der Waals surface area contributed by atoms with Crippen LogP contribution < -0.4 is 4.90 Å². The number of anilines is 1. The summed E-state index contributed by atoms with van der Waals surface area (Å²) in [7, 11) is 0. The van der Waals surface area contributed by atoms with Gasteiger partial charge < -0.3 is 10.0 Å². The summed E-state index contributed by atoms with van der Waals surface area (Å²) < 4.78 is 37.7. The summed E-state index contributed by atoms with van der Waals surface area (Å²) in [5.74, 6) is 0. The van der Waals surface area contributed by atoms with Crippen LogP contribution in [0, 0.1) is 17.0 Å². The number of benzene rings is 1. The van der Waals surface area contributed by atoms with E-state index in [-0.39, 0.29) is 28.0 Å². The van der Waals surface area contributed by atoms with E-state index >= 15 is 0 Å². The first-order valence-electron chi connectivity index (χ1n) is 5.53. The predicted octanol–water partition coefficient (Wildman–Crippen LogP) is 3.03. The number of alkyl halides is 3. The molecule has 0 aliphatic rings. The summed E-state index contributed by atoms with van der Waals surface area (Å²) in [5.41, 5.74) is 0.217. The number of nitro groups is 1. The molecule has 1 aromatic carbocycles. The zero-order valence-electron chi connectivity index (χ0n) is 10.4. The number of rotatable bonds is 5. The smallest absolute Gasteiger partial charge is 0.395 e. The van der Waals surface area contributed by atoms with E-state index in [0.29, 0.717) is 0 Å². The van der Waals surface area contributed by atoms with Crippen molar-refractivity contribution >= 4 is 27.3 Å². The van der Waals surface area contributed by atoms with E-state index in [1.165, 1.54) is 13.0 Å². The molecule has 0 amide bonds. The van der Waals surface area contributed by atoms with Gasteiger partial charge in [-0.05, 0) is 28.9 Å². The molecule has 0 saturated carbocycles. The van der Waals surface area contributed by atoms with E-state index in [9.17, 15) is 23.3 Å². The van der Waals surface area contributed by atoms with Crippen LogP contribution in [0.15, 0.2) is 16.6 Å². The Labute approximate surface area is 121 Å². The van der Waals surface area contributed by atoms with E-state index in [4.69, 9.17) is 5.11 Å². The minimum Gasteiger partial charge on any atom is -0.395 e. The van der Waals surface area contributed by atoms with Crippen LogP contribution in [0.5, 0.6) is 0 Å². The second kappa shape index (κ2) is 6.40. The Morgan fingerprint density at radius 2 is 2.05 bits per heavy atom. The van der Waals surface area contributed by atoms with Crippen LogP contribution in [0.25, 0.3) is 0 Å².